The van der Waals surface area contributed by atoms with Gasteiger partial charge in [-0.3, -0.25) is 4.79 Å². The minimum atomic E-state index is -0.0653. The quantitative estimate of drug-likeness (QED) is 0.842. The predicted molar refractivity (Wildman–Crippen MR) is 83.0 cm³/mol. The lowest BCUT2D eigenvalue weighted by Gasteiger charge is -2.04. The Balaban J connectivity index is 2.52. The molecule has 0 bridgehead atoms. The van der Waals surface area contributed by atoms with E-state index in [2.05, 4.69) is 26.0 Å². The molecule has 1 heterocycles. The number of hydrogen-bond acceptors (Lipinski definition) is 3. The highest BCUT2D eigenvalue weighted by molar-refractivity contribution is 7.07. The molecule has 20 heavy (non-hydrogen) atoms. The number of thiazole rings is 1. The lowest BCUT2D eigenvalue weighted by Crippen LogP contribution is -2.28. The van der Waals surface area contributed by atoms with E-state index in [1.165, 1.54) is 27.5 Å². The fourth-order valence-electron chi connectivity index (χ4n) is 1.89. The van der Waals surface area contributed by atoms with Crippen molar-refractivity contribution >= 4 is 23.5 Å². The third kappa shape index (κ3) is 2.89. The average Bonchev–Trinajstić information content (AvgIpc) is 2.68. The van der Waals surface area contributed by atoms with Crippen molar-refractivity contribution in [3.8, 4) is 6.07 Å². The Morgan fingerprint density at radius 1 is 1.30 bits per heavy atom. The van der Waals surface area contributed by atoms with E-state index in [0.29, 0.717) is 15.1 Å². The summed E-state index contributed by atoms with van der Waals surface area (Å²) in [6.45, 7) is 4.30. The molecule has 1 aromatic heterocycles. The topological polar surface area (TPSA) is 45.8 Å². The van der Waals surface area contributed by atoms with Gasteiger partial charge in [0.05, 0.1) is 10.6 Å². The molecule has 1 aromatic carbocycles. The molecule has 0 saturated carbocycles. The van der Waals surface area contributed by atoms with Gasteiger partial charge in [-0.1, -0.05) is 38.1 Å². The Bertz CT molecular complexity index is 817. The van der Waals surface area contributed by atoms with E-state index in [1.54, 1.807) is 7.05 Å². The van der Waals surface area contributed by atoms with Crippen molar-refractivity contribution in [2.24, 2.45) is 7.05 Å². The van der Waals surface area contributed by atoms with E-state index >= 15 is 0 Å². The van der Waals surface area contributed by atoms with Gasteiger partial charge < -0.3 is 4.57 Å². The molecule has 0 atom stereocenters. The summed E-state index contributed by atoms with van der Waals surface area (Å²) in [5, 5.41) is 8.69. The molecule has 2 aromatic rings. The van der Waals surface area contributed by atoms with Gasteiger partial charge in [0, 0.05) is 13.1 Å². The zero-order chi connectivity index (χ0) is 14.7. The first-order chi connectivity index (χ1) is 9.52. The highest BCUT2D eigenvalue weighted by Gasteiger charge is 2.01. The van der Waals surface area contributed by atoms with Crippen LogP contribution >= 0.6 is 11.3 Å². The van der Waals surface area contributed by atoms with Crippen LogP contribution in [0.1, 0.15) is 30.9 Å². The lowest BCUT2D eigenvalue weighted by molar-refractivity contribution is 0.857. The van der Waals surface area contributed by atoms with E-state index < -0.39 is 0 Å². The minimum Gasteiger partial charge on any atom is -0.301 e. The minimum absolute atomic E-state index is 0.0653. The fourth-order valence-corrected chi connectivity index (χ4v) is 2.87. The second-order valence-corrected chi connectivity index (χ2v) is 5.97. The summed E-state index contributed by atoms with van der Waals surface area (Å²) in [6, 6.07) is 10.2. The summed E-state index contributed by atoms with van der Waals surface area (Å²) in [4.78, 5) is 12.1. The smallest absolute Gasteiger partial charge is 0.268 e. The van der Waals surface area contributed by atoms with Gasteiger partial charge >= 0.3 is 0 Å². The van der Waals surface area contributed by atoms with Crippen LogP contribution in [-0.2, 0) is 7.05 Å². The summed E-state index contributed by atoms with van der Waals surface area (Å²) in [7, 11) is 1.68. The van der Waals surface area contributed by atoms with Crippen molar-refractivity contribution in [3.63, 3.8) is 0 Å². The standard InChI is InChI=1S/C16H16N2OS/c1-11(2)13-6-4-12(5-7-13)10-14-16(19)18(3)15(20-14)8-9-17/h4-8,10-11H,1-3H3/b14-10-,15-8-. The Labute approximate surface area is 121 Å². The van der Waals surface area contributed by atoms with Crippen LogP contribution in [0.25, 0.3) is 12.2 Å². The molecule has 0 N–H and O–H groups in total. The van der Waals surface area contributed by atoms with Crippen LogP contribution in [0.3, 0.4) is 0 Å². The highest BCUT2D eigenvalue weighted by atomic mass is 32.1. The van der Waals surface area contributed by atoms with E-state index in [0.717, 1.165) is 5.56 Å². The molecule has 0 unspecified atom stereocenters. The molecule has 0 radical (unpaired) electrons. The van der Waals surface area contributed by atoms with Crippen molar-refractivity contribution in [1.82, 2.24) is 4.57 Å². The first-order valence-corrected chi connectivity index (χ1v) is 7.22. The van der Waals surface area contributed by atoms with Gasteiger partial charge in [0.15, 0.2) is 0 Å². The number of rotatable bonds is 2. The summed E-state index contributed by atoms with van der Waals surface area (Å²) < 4.78 is 2.82. The first-order valence-electron chi connectivity index (χ1n) is 6.40. The normalized spacial score (nSPS) is 12.9. The Morgan fingerprint density at radius 2 is 1.95 bits per heavy atom. The van der Waals surface area contributed by atoms with Crippen LogP contribution in [-0.4, -0.2) is 4.57 Å². The molecular weight excluding hydrogens is 268 g/mol. The lowest BCUT2D eigenvalue weighted by atomic mass is 10.0. The molecule has 3 nitrogen and oxygen atoms in total. The average molecular weight is 284 g/mol. The molecule has 0 aliphatic carbocycles. The summed E-state index contributed by atoms with van der Waals surface area (Å²) in [5.41, 5.74) is 2.21. The Morgan fingerprint density at radius 3 is 2.50 bits per heavy atom. The van der Waals surface area contributed by atoms with Gasteiger partial charge in [0.25, 0.3) is 5.56 Å². The second kappa shape index (κ2) is 5.89. The maximum atomic E-state index is 12.1. The zero-order valence-electron chi connectivity index (χ0n) is 11.8. The van der Waals surface area contributed by atoms with Gasteiger partial charge in [0.1, 0.15) is 4.66 Å². The van der Waals surface area contributed by atoms with Crippen molar-refractivity contribution in [2.45, 2.75) is 19.8 Å². The van der Waals surface area contributed by atoms with Gasteiger partial charge in [-0.15, -0.1) is 11.3 Å². The molecule has 0 aliphatic heterocycles. The molecular formula is C16H16N2OS. The molecule has 4 heteroatoms. The zero-order valence-corrected chi connectivity index (χ0v) is 12.6. The molecule has 0 amide bonds. The maximum Gasteiger partial charge on any atom is 0.268 e. The second-order valence-electron chi connectivity index (χ2n) is 4.91. The van der Waals surface area contributed by atoms with Crippen LogP contribution in [0, 0.1) is 11.3 Å². The first kappa shape index (κ1) is 14.3. The van der Waals surface area contributed by atoms with Crippen LogP contribution in [0.4, 0.5) is 0 Å². The molecule has 0 fully saturated rings. The van der Waals surface area contributed by atoms with Gasteiger partial charge in [0.2, 0.25) is 0 Å². The van der Waals surface area contributed by atoms with E-state index in [1.807, 2.05) is 24.3 Å². The van der Waals surface area contributed by atoms with E-state index in [-0.39, 0.29) is 5.56 Å². The highest BCUT2D eigenvalue weighted by Crippen LogP contribution is 2.14. The maximum absolute atomic E-state index is 12.1. The predicted octanol–water partition coefficient (Wildman–Crippen LogP) is 1.70. The molecule has 102 valence electrons. The van der Waals surface area contributed by atoms with Gasteiger partial charge in [-0.05, 0) is 23.1 Å². The number of aromatic nitrogens is 1. The molecule has 0 aliphatic rings. The van der Waals surface area contributed by atoms with Crippen molar-refractivity contribution < 1.29 is 0 Å². The summed E-state index contributed by atoms with van der Waals surface area (Å²) >= 11 is 1.33. The number of nitrogens with zero attached hydrogens (tertiary/aromatic N) is 2. The van der Waals surface area contributed by atoms with Crippen LogP contribution in [0.5, 0.6) is 0 Å². The number of nitriles is 1. The van der Waals surface area contributed by atoms with Crippen molar-refractivity contribution in [2.75, 3.05) is 0 Å². The largest absolute Gasteiger partial charge is 0.301 e. The Hall–Kier alpha value is -2.12. The van der Waals surface area contributed by atoms with Crippen molar-refractivity contribution in [1.29, 1.82) is 5.26 Å². The summed E-state index contributed by atoms with van der Waals surface area (Å²) in [6.07, 6.45) is 3.26. The van der Waals surface area contributed by atoms with E-state index in [9.17, 15) is 4.79 Å². The number of hydrogen-bond donors (Lipinski definition) is 0. The third-order valence-corrected chi connectivity index (χ3v) is 4.26. The third-order valence-electron chi connectivity index (χ3n) is 3.15. The van der Waals surface area contributed by atoms with Crippen LogP contribution in [0.15, 0.2) is 29.1 Å². The summed E-state index contributed by atoms with van der Waals surface area (Å²) in [5.74, 6) is 0.496. The van der Waals surface area contributed by atoms with Crippen molar-refractivity contribution in [3.05, 3.63) is 54.9 Å². The SMILES string of the molecule is CC(C)c1ccc(/C=c2\s/c(=C\C#N)n(C)c2=O)cc1. The fraction of sp³-hybridized carbons (Fsp3) is 0.250. The monoisotopic (exact) mass is 284 g/mol. The number of benzene rings is 1. The molecule has 0 spiro atoms. The molecule has 0 saturated heterocycles. The van der Waals surface area contributed by atoms with Crippen LogP contribution < -0.4 is 14.8 Å². The van der Waals surface area contributed by atoms with Gasteiger partial charge in [-0.25, -0.2) is 0 Å². The Kier molecular flexibility index (Phi) is 4.21. The van der Waals surface area contributed by atoms with E-state index in [4.69, 9.17) is 5.26 Å². The van der Waals surface area contributed by atoms with Crippen LogP contribution in [0.2, 0.25) is 0 Å². The molecule has 2 rings (SSSR count). The van der Waals surface area contributed by atoms with Gasteiger partial charge in [-0.2, -0.15) is 5.26 Å².